The van der Waals surface area contributed by atoms with E-state index < -0.39 is 5.97 Å². The maximum atomic E-state index is 12.4. The molecule has 1 aromatic carbocycles. The largest absolute Gasteiger partial charge is 0.489 e. The summed E-state index contributed by atoms with van der Waals surface area (Å²) in [7, 11) is 0. The molecule has 3 rings (SSSR count). The molecule has 0 N–H and O–H groups in total. The van der Waals surface area contributed by atoms with Crippen molar-refractivity contribution in [2.24, 2.45) is 5.92 Å². The van der Waals surface area contributed by atoms with Crippen molar-refractivity contribution in [2.45, 2.75) is 39.4 Å². The number of epoxide rings is 2. The van der Waals surface area contributed by atoms with Crippen LogP contribution in [0.5, 0.6) is 17.2 Å². The summed E-state index contributed by atoms with van der Waals surface area (Å²) < 4.78 is 33.2. The van der Waals surface area contributed by atoms with Gasteiger partial charge in [0.2, 0.25) is 5.75 Å². The van der Waals surface area contributed by atoms with Crippen molar-refractivity contribution in [2.75, 3.05) is 39.6 Å². The van der Waals surface area contributed by atoms with Crippen LogP contribution in [0.15, 0.2) is 12.1 Å². The highest BCUT2D eigenvalue weighted by Gasteiger charge is 2.27. The predicted molar refractivity (Wildman–Crippen MR) is 97.8 cm³/mol. The SMILES string of the molecule is CCOc1c(OCC(C)CC)cc(C(=O)OCC2CO2)cc1OCC1CO1. The molecule has 0 saturated carbocycles. The van der Waals surface area contributed by atoms with Crippen LogP contribution in [0.25, 0.3) is 0 Å². The van der Waals surface area contributed by atoms with Gasteiger partial charge in [0.1, 0.15) is 25.4 Å². The van der Waals surface area contributed by atoms with Crippen LogP contribution in [0.2, 0.25) is 0 Å². The first-order valence-electron chi connectivity index (χ1n) is 9.57. The van der Waals surface area contributed by atoms with E-state index in [1.54, 1.807) is 12.1 Å². The third kappa shape index (κ3) is 6.01. The van der Waals surface area contributed by atoms with E-state index in [0.717, 1.165) is 6.42 Å². The molecule has 1 aromatic rings. The average molecular weight is 380 g/mol. The smallest absolute Gasteiger partial charge is 0.338 e. The van der Waals surface area contributed by atoms with E-state index in [-0.39, 0.29) is 18.8 Å². The summed E-state index contributed by atoms with van der Waals surface area (Å²) in [6.45, 7) is 9.06. The fourth-order valence-corrected chi connectivity index (χ4v) is 2.31. The molecule has 0 amide bonds. The summed E-state index contributed by atoms with van der Waals surface area (Å²) >= 11 is 0. The molecule has 3 atom stereocenters. The minimum absolute atomic E-state index is 0.0144. The van der Waals surface area contributed by atoms with Crippen molar-refractivity contribution < 1.29 is 33.2 Å². The summed E-state index contributed by atoms with van der Waals surface area (Å²) in [4.78, 5) is 12.4. The third-order valence-electron chi connectivity index (χ3n) is 4.40. The van der Waals surface area contributed by atoms with Gasteiger partial charge in [0.15, 0.2) is 11.5 Å². The Balaban J connectivity index is 1.81. The van der Waals surface area contributed by atoms with Crippen molar-refractivity contribution in [3.63, 3.8) is 0 Å². The van der Waals surface area contributed by atoms with E-state index in [1.165, 1.54) is 0 Å². The van der Waals surface area contributed by atoms with E-state index >= 15 is 0 Å². The number of ether oxygens (including phenoxy) is 6. The molecule has 2 saturated heterocycles. The van der Waals surface area contributed by atoms with Gasteiger partial charge in [0.25, 0.3) is 0 Å². The molecule has 0 spiro atoms. The lowest BCUT2D eigenvalue weighted by atomic mass is 10.1. The number of carbonyl (C=O) groups excluding carboxylic acids is 1. The summed E-state index contributed by atoms with van der Waals surface area (Å²) in [5.41, 5.74) is 0.366. The Hall–Kier alpha value is -1.99. The molecule has 150 valence electrons. The van der Waals surface area contributed by atoms with Crippen molar-refractivity contribution in [1.82, 2.24) is 0 Å². The molecule has 0 radical (unpaired) electrons. The number of benzene rings is 1. The lowest BCUT2D eigenvalue weighted by Gasteiger charge is -2.19. The molecule has 0 aliphatic carbocycles. The Morgan fingerprint density at radius 1 is 1.07 bits per heavy atom. The molecule has 27 heavy (non-hydrogen) atoms. The Morgan fingerprint density at radius 3 is 2.30 bits per heavy atom. The van der Waals surface area contributed by atoms with Crippen molar-refractivity contribution in [1.29, 1.82) is 0 Å². The van der Waals surface area contributed by atoms with Gasteiger partial charge in [-0.05, 0) is 25.0 Å². The van der Waals surface area contributed by atoms with Gasteiger partial charge >= 0.3 is 5.97 Å². The maximum absolute atomic E-state index is 12.4. The normalized spacial score (nSPS) is 21.3. The molecule has 7 heteroatoms. The topological polar surface area (TPSA) is 79.1 Å². The van der Waals surface area contributed by atoms with E-state index in [1.807, 2.05) is 6.92 Å². The number of hydrogen-bond acceptors (Lipinski definition) is 7. The second-order valence-electron chi connectivity index (χ2n) is 6.88. The second kappa shape index (κ2) is 9.28. The fraction of sp³-hybridized carbons (Fsp3) is 0.650. The minimum Gasteiger partial charge on any atom is -0.489 e. The number of esters is 1. The number of hydrogen-bond donors (Lipinski definition) is 0. The molecule has 2 fully saturated rings. The molecule has 0 bridgehead atoms. The van der Waals surface area contributed by atoms with Crippen LogP contribution < -0.4 is 14.2 Å². The summed E-state index contributed by atoms with van der Waals surface area (Å²) in [6, 6.07) is 3.30. The summed E-state index contributed by atoms with van der Waals surface area (Å²) in [5, 5.41) is 0. The van der Waals surface area contributed by atoms with Crippen LogP contribution >= 0.6 is 0 Å². The van der Waals surface area contributed by atoms with Gasteiger partial charge in [-0.1, -0.05) is 20.3 Å². The molecule has 7 nitrogen and oxygen atoms in total. The molecule has 2 heterocycles. The van der Waals surface area contributed by atoms with E-state index in [9.17, 15) is 4.79 Å². The van der Waals surface area contributed by atoms with E-state index in [2.05, 4.69) is 13.8 Å². The quantitative estimate of drug-likeness (QED) is 0.407. The zero-order valence-corrected chi connectivity index (χ0v) is 16.2. The summed E-state index contributed by atoms with van der Waals surface area (Å²) in [6.07, 6.45) is 1.10. The van der Waals surface area contributed by atoms with Crippen LogP contribution in [-0.4, -0.2) is 57.8 Å². The lowest BCUT2D eigenvalue weighted by molar-refractivity contribution is 0.0475. The molecule has 3 unspecified atom stereocenters. The standard InChI is InChI=1S/C20H28O7/c1-4-13(3)8-25-17-6-14(20(21)27-12-16-10-24-16)7-18(19(17)22-5-2)26-11-15-9-23-15/h6-7,13,15-16H,4-5,8-12H2,1-3H3. The van der Waals surface area contributed by atoms with Crippen molar-refractivity contribution in [3.8, 4) is 17.2 Å². The monoisotopic (exact) mass is 380 g/mol. The first-order chi connectivity index (χ1) is 13.1. The van der Waals surface area contributed by atoms with Crippen LogP contribution in [0, 0.1) is 5.92 Å². The van der Waals surface area contributed by atoms with Gasteiger partial charge in [-0.25, -0.2) is 4.79 Å². The third-order valence-corrected chi connectivity index (χ3v) is 4.40. The van der Waals surface area contributed by atoms with Crippen LogP contribution in [-0.2, 0) is 14.2 Å². The summed E-state index contributed by atoms with van der Waals surface area (Å²) in [5.74, 6) is 1.40. The average Bonchev–Trinajstić information content (AvgIpc) is 3.58. The first kappa shape index (κ1) is 19.8. The van der Waals surface area contributed by atoms with E-state index in [0.29, 0.717) is 61.8 Å². The van der Waals surface area contributed by atoms with Crippen LogP contribution in [0.3, 0.4) is 0 Å². The molecular formula is C20H28O7. The fourth-order valence-electron chi connectivity index (χ4n) is 2.31. The van der Waals surface area contributed by atoms with E-state index in [4.69, 9.17) is 28.4 Å². The number of carbonyl (C=O) groups is 1. The minimum atomic E-state index is -0.436. The van der Waals surface area contributed by atoms with Gasteiger partial charge in [0, 0.05) is 0 Å². The van der Waals surface area contributed by atoms with Crippen LogP contribution in [0.1, 0.15) is 37.6 Å². The highest BCUT2D eigenvalue weighted by Crippen LogP contribution is 2.40. The van der Waals surface area contributed by atoms with Crippen molar-refractivity contribution >= 4 is 5.97 Å². The second-order valence-corrected chi connectivity index (χ2v) is 6.88. The van der Waals surface area contributed by atoms with Gasteiger partial charge in [-0.15, -0.1) is 0 Å². The molecular weight excluding hydrogens is 352 g/mol. The molecule has 0 aromatic heterocycles. The Labute approximate surface area is 159 Å². The van der Waals surface area contributed by atoms with Gasteiger partial charge in [-0.2, -0.15) is 0 Å². The number of rotatable bonds is 12. The van der Waals surface area contributed by atoms with Gasteiger partial charge < -0.3 is 28.4 Å². The zero-order chi connectivity index (χ0) is 19.2. The molecule has 2 aliphatic heterocycles. The predicted octanol–water partition coefficient (Wildman–Crippen LogP) is 2.84. The highest BCUT2D eigenvalue weighted by atomic mass is 16.6. The maximum Gasteiger partial charge on any atom is 0.338 e. The van der Waals surface area contributed by atoms with Gasteiger partial charge in [-0.3, -0.25) is 0 Å². The Bertz CT molecular complexity index is 637. The highest BCUT2D eigenvalue weighted by molar-refractivity contribution is 5.91. The zero-order valence-electron chi connectivity index (χ0n) is 16.2. The molecule has 2 aliphatic rings. The first-order valence-corrected chi connectivity index (χ1v) is 9.57. The van der Waals surface area contributed by atoms with Crippen molar-refractivity contribution in [3.05, 3.63) is 17.7 Å². The lowest BCUT2D eigenvalue weighted by Crippen LogP contribution is -2.14. The van der Waals surface area contributed by atoms with Crippen LogP contribution in [0.4, 0.5) is 0 Å². The Morgan fingerprint density at radius 2 is 1.70 bits per heavy atom. The Kier molecular flexibility index (Phi) is 6.79. The van der Waals surface area contributed by atoms with Gasteiger partial charge in [0.05, 0.1) is 32.0 Å².